The zero-order valence-corrected chi connectivity index (χ0v) is 16.5. The summed E-state index contributed by atoms with van der Waals surface area (Å²) in [6.07, 6.45) is 0. The third-order valence-electron chi connectivity index (χ3n) is 4.06. The lowest BCUT2D eigenvalue weighted by Crippen LogP contribution is -2.33. The summed E-state index contributed by atoms with van der Waals surface area (Å²) in [5.41, 5.74) is 1.13. The summed E-state index contributed by atoms with van der Waals surface area (Å²) in [4.78, 5) is 36.9. The van der Waals surface area contributed by atoms with Gasteiger partial charge in [-0.05, 0) is 50.2 Å². The summed E-state index contributed by atoms with van der Waals surface area (Å²) in [6.45, 7) is 3.79. The van der Waals surface area contributed by atoms with E-state index in [-0.39, 0.29) is 18.9 Å². The van der Waals surface area contributed by atoms with Crippen molar-refractivity contribution in [1.82, 2.24) is 0 Å². The number of nitrogens with zero attached hydrogens (tertiary/aromatic N) is 4. The molecule has 2 aromatic carbocycles. The molecule has 0 spiro atoms. The number of hydrogen-bond donors (Lipinski definition) is 0. The number of esters is 2. The second kappa shape index (κ2) is 9.55. The molecule has 1 heterocycles. The van der Waals surface area contributed by atoms with Gasteiger partial charge in [0.2, 0.25) is 6.04 Å². The van der Waals surface area contributed by atoms with Crippen molar-refractivity contribution < 1.29 is 23.9 Å². The minimum absolute atomic E-state index is 0.135. The van der Waals surface area contributed by atoms with Crippen LogP contribution >= 0.6 is 0 Å². The molecule has 1 aliphatic heterocycles. The molecular weight excluding hydrogens is 388 g/mol. The zero-order valence-electron chi connectivity index (χ0n) is 16.5. The van der Waals surface area contributed by atoms with Crippen LogP contribution in [0.2, 0.25) is 0 Å². The van der Waals surface area contributed by atoms with Gasteiger partial charge in [0.25, 0.3) is 5.91 Å². The van der Waals surface area contributed by atoms with E-state index in [1.165, 1.54) is 0 Å². The van der Waals surface area contributed by atoms with E-state index in [4.69, 9.17) is 9.47 Å². The number of benzene rings is 2. The van der Waals surface area contributed by atoms with Gasteiger partial charge in [-0.15, -0.1) is 0 Å². The van der Waals surface area contributed by atoms with Crippen molar-refractivity contribution in [3.63, 3.8) is 0 Å². The summed E-state index contributed by atoms with van der Waals surface area (Å²) in [5.74, 6) is -1.69. The Morgan fingerprint density at radius 3 is 2.23 bits per heavy atom. The highest BCUT2D eigenvalue weighted by molar-refractivity contribution is 6.46. The maximum atomic E-state index is 12.9. The summed E-state index contributed by atoms with van der Waals surface area (Å²) in [7, 11) is 0. The fraction of sp³-hybridized carbons (Fsp3) is 0.238. The van der Waals surface area contributed by atoms with Crippen LogP contribution in [-0.4, -0.2) is 42.8 Å². The minimum Gasteiger partial charge on any atom is -0.462 e. The number of amides is 1. The fourth-order valence-electron chi connectivity index (χ4n) is 2.66. The number of para-hydroxylation sites is 1. The van der Waals surface area contributed by atoms with Crippen molar-refractivity contribution in [3.05, 3.63) is 60.2 Å². The normalized spacial score (nSPS) is 15.9. The van der Waals surface area contributed by atoms with E-state index in [0.29, 0.717) is 16.9 Å². The molecule has 1 aliphatic rings. The maximum Gasteiger partial charge on any atom is 0.357 e. The average Bonchev–Trinajstić information content (AvgIpc) is 3.10. The van der Waals surface area contributed by atoms with Gasteiger partial charge in [-0.1, -0.05) is 18.2 Å². The molecule has 0 radical (unpaired) electrons. The molecule has 0 bridgehead atoms. The molecule has 9 heteroatoms. The Morgan fingerprint density at radius 2 is 1.60 bits per heavy atom. The Balaban J connectivity index is 1.83. The largest absolute Gasteiger partial charge is 0.462 e. The number of hydrogen-bond acceptors (Lipinski definition) is 8. The molecular formula is C21H20N4O5. The number of rotatable bonds is 7. The highest BCUT2D eigenvalue weighted by Gasteiger charge is 2.41. The van der Waals surface area contributed by atoms with Gasteiger partial charge in [-0.2, -0.15) is 20.3 Å². The van der Waals surface area contributed by atoms with Gasteiger partial charge in [0.1, 0.15) is 0 Å². The highest BCUT2D eigenvalue weighted by atomic mass is 16.5. The lowest BCUT2D eigenvalue weighted by Gasteiger charge is -2.11. The van der Waals surface area contributed by atoms with Crippen molar-refractivity contribution in [1.29, 1.82) is 0 Å². The Morgan fingerprint density at radius 1 is 0.967 bits per heavy atom. The third kappa shape index (κ3) is 4.57. The van der Waals surface area contributed by atoms with E-state index in [1.807, 2.05) is 0 Å². The Bertz CT molecular complexity index is 986. The first kappa shape index (κ1) is 20.8. The first-order chi connectivity index (χ1) is 14.5. The molecule has 2 aromatic rings. The van der Waals surface area contributed by atoms with E-state index in [1.54, 1.807) is 68.4 Å². The van der Waals surface area contributed by atoms with Crippen LogP contribution in [0, 0.1) is 0 Å². The molecule has 0 unspecified atom stereocenters. The second-order valence-corrected chi connectivity index (χ2v) is 6.08. The van der Waals surface area contributed by atoms with Gasteiger partial charge in [-0.3, -0.25) is 4.79 Å². The van der Waals surface area contributed by atoms with Crippen molar-refractivity contribution in [3.8, 4) is 0 Å². The van der Waals surface area contributed by atoms with Gasteiger partial charge in [-0.25, -0.2) is 9.59 Å². The van der Waals surface area contributed by atoms with E-state index >= 15 is 0 Å². The van der Waals surface area contributed by atoms with Gasteiger partial charge >= 0.3 is 11.9 Å². The monoisotopic (exact) mass is 408 g/mol. The minimum atomic E-state index is -1.23. The number of azo groups is 1. The molecule has 1 atom stereocenters. The van der Waals surface area contributed by atoms with Crippen LogP contribution in [-0.2, 0) is 19.1 Å². The second-order valence-electron chi connectivity index (χ2n) is 6.08. The summed E-state index contributed by atoms with van der Waals surface area (Å²) < 4.78 is 9.93. The first-order valence-corrected chi connectivity index (χ1v) is 9.37. The summed E-state index contributed by atoms with van der Waals surface area (Å²) in [5, 5.41) is 13.3. The van der Waals surface area contributed by atoms with Crippen LogP contribution in [0.15, 0.2) is 69.9 Å². The Kier molecular flexibility index (Phi) is 6.63. The molecule has 0 N–H and O–H groups in total. The van der Waals surface area contributed by atoms with E-state index in [0.717, 1.165) is 5.01 Å². The smallest absolute Gasteiger partial charge is 0.357 e. The fourth-order valence-corrected chi connectivity index (χ4v) is 2.66. The number of carbonyl (C=O) groups excluding carboxylic acids is 3. The lowest BCUT2D eigenvalue weighted by molar-refractivity contribution is -0.135. The van der Waals surface area contributed by atoms with Crippen molar-refractivity contribution in [2.45, 2.75) is 19.9 Å². The maximum absolute atomic E-state index is 12.9. The quantitative estimate of drug-likeness (QED) is 0.516. The Hall–Kier alpha value is -3.88. The van der Waals surface area contributed by atoms with E-state index in [9.17, 15) is 14.4 Å². The molecule has 0 saturated carbocycles. The highest BCUT2D eigenvalue weighted by Crippen LogP contribution is 2.24. The van der Waals surface area contributed by atoms with Crippen LogP contribution in [0.5, 0.6) is 0 Å². The van der Waals surface area contributed by atoms with Crippen molar-refractivity contribution >= 4 is 34.9 Å². The van der Waals surface area contributed by atoms with Gasteiger partial charge < -0.3 is 9.47 Å². The molecule has 0 saturated heterocycles. The average molecular weight is 408 g/mol. The van der Waals surface area contributed by atoms with E-state index in [2.05, 4.69) is 15.3 Å². The van der Waals surface area contributed by atoms with E-state index < -0.39 is 23.9 Å². The summed E-state index contributed by atoms with van der Waals surface area (Å²) in [6, 6.07) is 13.7. The molecule has 0 aromatic heterocycles. The molecule has 0 aliphatic carbocycles. The standard InChI is InChI=1S/C21H20N4O5/c1-3-29-20(27)14-10-12-15(13-11-14)22-23-17-18(21(28)30-4-2)24-25(19(17)26)16-8-6-5-7-9-16/h5-13,17H,3-4H2,1-2H3/t17-/m1/s1. The zero-order chi connectivity index (χ0) is 21.5. The number of carbonyl (C=O) groups is 3. The molecule has 3 rings (SSSR count). The van der Waals surface area contributed by atoms with Crippen LogP contribution in [0.25, 0.3) is 0 Å². The lowest BCUT2D eigenvalue weighted by atomic mass is 10.2. The van der Waals surface area contributed by atoms with Crippen LogP contribution < -0.4 is 5.01 Å². The third-order valence-corrected chi connectivity index (χ3v) is 4.06. The molecule has 1 amide bonds. The molecule has 0 fully saturated rings. The van der Waals surface area contributed by atoms with Gasteiger partial charge in [0.05, 0.1) is 30.2 Å². The molecule has 30 heavy (non-hydrogen) atoms. The first-order valence-electron chi connectivity index (χ1n) is 9.37. The van der Waals surface area contributed by atoms with Gasteiger partial charge in [0, 0.05) is 0 Å². The molecule has 9 nitrogen and oxygen atoms in total. The summed E-state index contributed by atoms with van der Waals surface area (Å²) >= 11 is 0. The predicted molar refractivity (Wildman–Crippen MR) is 109 cm³/mol. The SMILES string of the molecule is CCOC(=O)C1=NN(c2ccccc2)C(=O)[C@@H]1N=Nc1ccc(C(=O)OCC)cc1. The number of anilines is 1. The number of hydrazone groups is 1. The van der Waals surface area contributed by atoms with Crippen LogP contribution in [0.1, 0.15) is 24.2 Å². The van der Waals surface area contributed by atoms with Crippen LogP contribution in [0.4, 0.5) is 11.4 Å². The Labute approximate surface area is 173 Å². The molecule has 154 valence electrons. The topological polar surface area (TPSA) is 110 Å². The number of ether oxygens (including phenoxy) is 2. The van der Waals surface area contributed by atoms with Crippen molar-refractivity contribution in [2.24, 2.45) is 15.3 Å². The van der Waals surface area contributed by atoms with Crippen molar-refractivity contribution in [2.75, 3.05) is 18.2 Å². The predicted octanol–water partition coefficient (Wildman–Crippen LogP) is 3.28. The van der Waals surface area contributed by atoms with Crippen LogP contribution in [0.3, 0.4) is 0 Å². The van der Waals surface area contributed by atoms with Gasteiger partial charge in [0.15, 0.2) is 5.71 Å².